The van der Waals surface area contributed by atoms with Crippen LogP contribution in [0.2, 0.25) is 0 Å². The summed E-state index contributed by atoms with van der Waals surface area (Å²) in [6.07, 6.45) is 2.93. The quantitative estimate of drug-likeness (QED) is 0.479. The molecule has 14 heteroatoms. The SMILES string of the molecule is O=C1C=CN(c2c(F)cc(N3C[C@H](CN(C4=NCC=C4)P(=O)(O)O)OC3=O)c(F)c2F)CC1. The predicted octanol–water partition coefficient (Wildman–Crippen LogP) is 2.08. The maximum absolute atomic E-state index is 14.9. The number of hydrogen-bond acceptors (Lipinski definition) is 6. The highest BCUT2D eigenvalue weighted by Gasteiger charge is 2.40. The Kier molecular flexibility index (Phi) is 6.04. The lowest BCUT2D eigenvalue weighted by molar-refractivity contribution is -0.114. The van der Waals surface area contributed by atoms with E-state index in [4.69, 9.17) is 4.74 Å². The Morgan fingerprint density at radius 2 is 1.97 bits per heavy atom. The smallest absolute Gasteiger partial charge is 0.431 e. The lowest BCUT2D eigenvalue weighted by Crippen LogP contribution is -2.36. The summed E-state index contributed by atoms with van der Waals surface area (Å²) in [7, 11) is -4.83. The Morgan fingerprint density at radius 1 is 1.21 bits per heavy atom. The summed E-state index contributed by atoms with van der Waals surface area (Å²) in [5.74, 6) is -4.48. The normalized spacial score (nSPS) is 20.5. The minimum atomic E-state index is -4.83. The third-order valence-corrected chi connectivity index (χ3v) is 6.19. The maximum atomic E-state index is 14.9. The van der Waals surface area contributed by atoms with Gasteiger partial charge in [-0.3, -0.25) is 19.4 Å². The molecule has 1 saturated heterocycles. The number of hydrogen-bond donors (Lipinski definition) is 2. The average Bonchev–Trinajstić information content (AvgIpc) is 3.39. The molecule has 2 N–H and O–H groups in total. The van der Waals surface area contributed by atoms with Crippen molar-refractivity contribution in [3.8, 4) is 0 Å². The second kappa shape index (κ2) is 8.65. The van der Waals surface area contributed by atoms with Crippen molar-refractivity contribution in [2.45, 2.75) is 12.5 Å². The molecule has 1 atom stereocenters. The largest absolute Gasteiger partial charge is 0.442 e. The van der Waals surface area contributed by atoms with Crippen molar-refractivity contribution in [1.82, 2.24) is 4.67 Å². The first-order valence-corrected chi connectivity index (χ1v) is 11.3. The van der Waals surface area contributed by atoms with E-state index in [2.05, 4.69) is 4.99 Å². The standard InChI is InChI=1S/C19H18F3N4O6P/c20-13-8-14(16(21)17(22)18(13)24-6-3-11(27)4-7-24)25-9-12(32-19(25)28)10-26(33(29,30)31)15-2-1-5-23-15/h1-3,6,8,12H,4-5,7,9-10H2,(H2,29,30,31)/t12-/m1/s1. The van der Waals surface area contributed by atoms with Crippen molar-refractivity contribution in [1.29, 1.82) is 0 Å². The first kappa shape index (κ1) is 23.0. The van der Waals surface area contributed by atoms with Gasteiger partial charge in [0.05, 0.1) is 25.3 Å². The topological polar surface area (TPSA) is 123 Å². The third kappa shape index (κ3) is 4.52. The highest BCUT2D eigenvalue weighted by Crippen LogP contribution is 2.42. The molecule has 1 aromatic carbocycles. The number of amides is 1. The summed E-state index contributed by atoms with van der Waals surface area (Å²) in [6, 6.07) is 0.631. The molecule has 0 saturated carbocycles. The third-order valence-electron chi connectivity index (χ3n) is 5.19. The molecule has 1 amide bonds. The molecular weight excluding hydrogens is 468 g/mol. The first-order chi connectivity index (χ1) is 15.6. The minimum Gasteiger partial charge on any atom is -0.442 e. The molecule has 0 spiro atoms. The van der Waals surface area contributed by atoms with Crippen LogP contribution in [0.15, 0.2) is 35.5 Å². The summed E-state index contributed by atoms with van der Waals surface area (Å²) in [5.41, 5.74) is -1.43. The van der Waals surface area contributed by atoms with Crippen molar-refractivity contribution in [2.24, 2.45) is 4.99 Å². The van der Waals surface area contributed by atoms with Crippen molar-refractivity contribution in [3.05, 3.63) is 47.9 Å². The summed E-state index contributed by atoms with van der Waals surface area (Å²) in [5, 5.41) is 0. The van der Waals surface area contributed by atoms with Crippen molar-refractivity contribution in [3.63, 3.8) is 0 Å². The van der Waals surface area contributed by atoms with Gasteiger partial charge in [-0.2, -0.15) is 0 Å². The fourth-order valence-corrected chi connectivity index (χ4v) is 4.44. The van der Waals surface area contributed by atoms with Crippen LogP contribution in [0.4, 0.5) is 29.3 Å². The number of carbonyl (C=O) groups is 2. The molecule has 10 nitrogen and oxygen atoms in total. The van der Waals surface area contributed by atoms with Gasteiger partial charge < -0.3 is 19.4 Å². The number of amidine groups is 1. The van der Waals surface area contributed by atoms with Gasteiger partial charge in [0.2, 0.25) is 0 Å². The van der Waals surface area contributed by atoms with Crippen LogP contribution in [0, 0.1) is 17.5 Å². The van der Waals surface area contributed by atoms with E-state index < -0.39 is 61.9 Å². The predicted molar refractivity (Wildman–Crippen MR) is 110 cm³/mol. The summed E-state index contributed by atoms with van der Waals surface area (Å²) >= 11 is 0. The van der Waals surface area contributed by atoms with Crippen molar-refractivity contribution in [2.75, 3.05) is 36.0 Å². The Bertz CT molecular complexity index is 1150. The molecule has 3 aliphatic heterocycles. The van der Waals surface area contributed by atoms with E-state index in [9.17, 15) is 37.1 Å². The average molecular weight is 486 g/mol. The monoisotopic (exact) mass is 486 g/mol. The van der Waals surface area contributed by atoms with E-state index in [1.165, 1.54) is 6.08 Å². The molecule has 0 radical (unpaired) electrons. The van der Waals surface area contributed by atoms with Crippen molar-refractivity contribution >= 4 is 36.8 Å². The van der Waals surface area contributed by atoms with Crippen LogP contribution in [-0.2, 0) is 14.1 Å². The maximum Gasteiger partial charge on any atom is 0.431 e. The Morgan fingerprint density at radius 3 is 2.58 bits per heavy atom. The molecule has 4 rings (SSSR count). The number of nitrogens with zero attached hydrogens (tertiary/aromatic N) is 4. The van der Waals surface area contributed by atoms with Crippen molar-refractivity contribution < 1.29 is 41.8 Å². The summed E-state index contributed by atoms with van der Waals surface area (Å²) in [6.45, 7) is -0.724. The van der Waals surface area contributed by atoms with Crippen LogP contribution in [0.1, 0.15) is 6.42 Å². The number of aliphatic imine (C=N–C) groups is 1. The van der Waals surface area contributed by atoms with Gasteiger partial charge in [-0.25, -0.2) is 22.5 Å². The van der Waals surface area contributed by atoms with Gasteiger partial charge in [-0.15, -0.1) is 0 Å². The lowest BCUT2D eigenvalue weighted by atomic mass is 10.1. The highest BCUT2D eigenvalue weighted by molar-refractivity contribution is 7.50. The van der Waals surface area contributed by atoms with Gasteiger partial charge in [0.1, 0.15) is 17.6 Å². The fraction of sp³-hybridized carbons (Fsp3) is 0.316. The number of ether oxygens (including phenoxy) is 1. The number of benzene rings is 1. The number of carbonyl (C=O) groups excluding carboxylic acids is 2. The fourth-order valence-electron chi connectivity index (χ4n) is 3.64. The van der Waals surface area contributed by atoms with Crippen LogP contribution in [0.5, 0.6) is 0 Å². The van der Waals surface area contributed by atoms with E-state index >= 15 is 0 Å². The molecule has 0 aromatic heterocycles. The van der Waals surface area contributed by atoms with E-state index in [-0.39, 0.29) is 31.1 Å². The number of rotatable bonds is 5. The highest BCUT2D eigenvalue weighted by atomic mass is 31.2. The van der Waals surface area contributed by atoms with Gasteiger partial charge in [0, 0.05) is 25.2 Å². The molecule has 176 valence electrons. The van der Waals surface area contributed by atoms with Gasteiger partial charge in [-0.1, -0.05) is 6.08 Å². The molecule has 1 aromatic rings. The number of cyclic esters (lactones) is 1. The summed E-state index contributed by atoms with van der Waals surface area (Å²) in [4.78, 5) is 48.5. The zero-order chi connectivity index (χ0) is 23.9. The number of ketones is 1. The minimum absolute atomic E-state index is 0.00453. The molecule has 0 unspecified atom stereocenters. The molecular formula is C19H18F3N4O6P. The zero-order valence-electron chi connectivity index (χ0n) is 16.9. The van der Waals surface area contributed by atoms with Crippen LogP contribution >= 0.6 is 7.75 Å². The van der Waals surface area contributed by atoms with Crippen LogP contribution in [0.25, 0.3) is 0 Å². The van der Waals surface area contributed by atoms with E-state index in [1.807, 2.05) is 0 Å². The first-order valence-electron chi connectivity index (χ1n) is 9.74. The molecule has 0 aliphatic carbocycles. The van der Waals surface area contributed by atoms with Crippen LogP contribution in [0.3, 0.4) is 0 Å². The Hall–Kier alpha value is -3.15. The van der Waals surface area contributed by atoms with Crippen LogP contribution < -0.4 is 9.80 Å². The van der Waals surface area contributed by atoms with Gasteiger partial charge in [-0.05, 0) is 12.2 Å². The van der Waals surface area contributed by atoms with E-state index in [0.29, 0.717) is 15.6 Å². The lowest BCUT2D eigenvalue weighted by Gasteiger charge is -2.26. The molecule has 3 heterocycles. The Balaban J connectivity index is 1.58. The van der Waals surface area contributed by atoms with Gasteiger partial charge >= 0.3 is 13.8 Å². The second-order valence-electron chi connectivity index (χ2n) is 7.39. The zero-order valence-corrected chi connectivity index (χ0v) is 17.8. The van der Waals surface area contributed by atoms with E-state index in [1.54, 1.807) is 6.08 Å². The van der Waals surface area contributed by atoms with Gasteiger partial charge in [0.25, 0.3) is 0 Å². The Labute approximate surface area is 185 Å². The molecule has 1 fully saturated rings. The number of anilines is 2. The van der Waals surface area contributed by atoms with Crippen LogP contribution in [-0.4, -0.2) is 64.5 Å². The molecule has 33 heavy (non-hydrogen) atoms. The molecule has 3 aliphatic rings. The second-order valence-corrected chi connectivity index (χ2v) is 8.90. The number of allylic oxidation sites excluding steroid dienone is 1. The summed E-state index contributed by atoms with van der Waals surface area (Å²) < 4.78 is 61.9. The van der Waals surface area contributed by atoms with E-state index in [0.717, 1.165) is 17.2 Å². The number of halogens is 3. The van der Waals surface area contributed by atoms with Gasteiger partial charge in [0.15, 0.2) is 23.2 Å². The molecule has 0 bridgehead atoms.